The van der Waals surface area contributed by atoms with E-state index in [1.807, 2.05) is 6.92 Å². The fourth-order valence-electron chi connectivity index (χ4n) is 0.826. The number of aromatic nitrogens is 1. The van der Waals surface area contributed by atoms with Crippen LogP contribution in [-0.4, -0.2) is 17.4 Å². The Morgan fingerprint density at radius 3 is 2.85 bits per heavy atom. The third kappa shape index (κ3) is 2.57. The molecule has 5 heteroatoms. The van der Waals surface area contributed by atoms with E-state index in [2.05, 4.69) is 10.3 Å². The predicted octanol–water partition coefficient (Wildman–Crippen LogP) is 2.14. The van der Waals surface area contributed by atoms with Crippen molar-refractivity contribution in [3.8, 4) is 0 Å². The third-order valence-corrected chi connectivity index (χ3v) is 1.86. The molecular formula is C8H8Cl2N2O. The zero-order chi connectivity index (χ0) is 9.84. The van der Waals surface area contributed by atoms with E-state index < -0.39 is 0 Å². The van der Waals surface area contributed by atoms with Crippen LogP contribution in [0.15, 0.2) is 12.3 Å². The highest BCUT2D eigenvalue weighted by Crippen LogP contribution is 2.17. The molecule has 0 aliphatic rings. The van der Waals surface area contributed by atoms with Gasteiger partial charge in [-0.25, -0.2) is 4.98 Å². The maximum atomic E-state index is 11.3. The number of carbonyl (C=O) groups is 1. The van der Waals surface area contributed by atoms with E-state index in [0.717, 1.165) is 0 Å². The van der Waals surface area contributed by atoms with Crippen molar-refractivity contribution in [1.29, 1.82) is 0 Å². The molecule has 1 aromatic heterocycles. The zero-order valence-electron chi connectivity index (χ0n) is 6.97. The van der Waals surface area contributed by atoms with Gasteiger partial charge in [-0.05, 0) is 13.0 Å². The molecule has 0 atom stereocenters. The van der Waals surface area contributed by atoms with Crippen molar-refractivity contribution in [2.75, 3.05) is 6.54 Å². The van der Waals surface area contributed by atoms with Crippen LogP contribution < -0.4 is 5.32 Å². The first-order valence-corrected chi connectivity index (χ1v) is 4.50. The lowest BCUT2D eigenvalue weighted by molar-refractivity contribution is 0.0951. The quantitative estimate of drug-likeness (QED) is 0.827. The molecule has 0 fully saturated rings. The molecule has 0 unspecified atom stereocenters. The summed E-state index contributed by atoms with van der Waals surface area (Å²) in [5, 5.41) is 3.27. The normalized spacial score (nSPS) is 9.77. The molecule has 0 saturated heterocycles. The van der Waals surface area contributed by atoms with Gasteiger partial charge < -0.3 is 5.32 Å². The van der Waals surface area contributed by atoms with E-state index in [-0.39, 0.29) is 16.6 Å². The minimum absolute atomic E-state index is 0.202. The van der Waals surface area contributed by atoms with Crippen LogP contribution in [0, 0.1) is 0 Å². The van der Waals surface area contributed by atoms with Crippen LogP contribution in [0.2, 0.25) is 10.0 Å². The number of nitrogens with zero attached hydrogens (tertiary/aromatic N) is 1. The number of hydrogen-bond donors (Lipinski definition) is 1. The first-order chi connectivity index (χ1) is 6.15. The Morgan fingerprint density at radius 2 is 2.31 bits per heavy atom. The van der Waals surface area contributed by atoms with Gasteiger partial charge in [-0.3, -0.25) is 4.79 Å². The lowest BCUT2D eigenvalue weighted by atomic mass is 10.3. The summed E-state index contributed by atoms with van der Waals surface area (Å²) < 4.78 is 0. The summed E-state index contributed by atoms with van der Waals surface area (Å²) in [7, 11) is 0. The maximum Gasteiger partial charge on any atom is 0.271 e. The molecule has 0 bridgehead atoms. The van der Waals surface area contributed by atoms with E-state index in [1.165, 1.54) is 12.3 Å². The van der Waals surface area contributed by atoms with Crippen LogP contribution >= 0.6 is 23.2 Å². The van der Waals surface area contributed by atoms with E-state index in [0.29, 0.717) is 11.6 Å². The molecule has 0 aliphatic heterocycles. The molecule has 1 aromatic rings. The van der Waals surface area contributed by atoms with Crippen molar-refractivity contribution in [3.63, 3.8) is 0 Å². The van der Waals surface area contributed by atoms with Crippen LogP contribution in [-0.2, 0) is 0 Å². The highest BCUT2D eigenvalue weighted by atomic mass is 35.5. The highest BCUT2D eigenvalue weighted by Gasteiger charge is 2.10. The van der Waals surface area contributed by atoms with E-state index >= 15 is 0 Å². The average Bonchev–Trinajstić information content (AvgIpc) is 2.04. The number of halogens is 2. The Balaban J connectivity index is 2.95. The van der Waals surface area contributed by atoms with Gasteiger partial charge in [0.15, 0.2) is 0 Å². The summed E-state index contributed by atoms with van der Waals surface area (Å²) >= 11 is 11.4. The maximum absolute atomic E-state index is 11.3. The van der Waals surface area contributed by atoms with Gasteiger partial charge in [-0.1, -0.05) is 23.2 Å². The van der Waals surface area contributed by atoms with Crippen LogP contribution in [0.25, 0.3) is 0 Å². The largest absolute Gasteiger partial charge is 0.351 e. The molecular weight excluding hydrogens is 211 g/mol. The number of rotatable bonds is 2. The number of carbonyl (C=O) groups excluding carboxylic acids is 1. The van der Waals surface area contributed by atoms with Gasteiger partial charge in [0.1, 0.15) is 5.69 Å². The van der Waals surface area contributed by atoms with Gasteiger partial charge in [0.05, 0.1) is 10.0 Å². The molecule has 0 spiro atoms. The number of hydrogen-bond acceptors (Lipinski definition) is 2. The molecule has 0 aromatic carbocycles. The van der Waals surface area contributed by atoms with Crippen molar-refractivity contribution in [1.82, 2.24) is 10.3 Å². The van der Waals surface area contributed by atoms with Crippen LogP contribution in [0.4, 0.5) is 0 Å². The van der Waals surface area contributed by atoms with Gasteiger partial charge in [0.2, 0.25) is 0 Å². The molecule has 13 heavy (non-hydrogen) atoms. The fourth-order valence-corrected chi connectivity index (χ4v) is 1.29. The molecule has 1 rings (SSSR count). The zero-order valence-corrected chi connectivity index (χ0v) is 8.49. The second-order valence-corrected chi connectivity index (χ2v) is 3.19. The molecule has 0 aliphatic carbocycles. The predicted molar refractivity (Wildman–Crippen MR) is 52.3 cm³/mol. The van der Waals surface area contributed by atoms with Crippen molar-refractivity contribution in [2.24, 2.45) is 0 Å². The molecule has 0 saturated carbocycles. The SMILES string of the molecule is CCNC(=O)c1ncc(Cl)cc1Cl. The number of nitrogens with one attached hydrogen (secondary N) is 1. The Morgan fingerprint density at radius 1 is 1.62 bits per heavy atom. The highest BCUT2D eigenvalue weighted by molar-refractivity contribution is 6.36. The van der Waals surface area contributed by atoms with Gasteiger partial charge in [0.25, 0.3) is 5.91 Å². The fraction of sp³-hybridized carbons (Fsp3) is 0.250. The summed E-state index contributed by atoms with van der Waals surface area (Å²) in [5.41, 5.74) is 0.202. The van der Waals surface area contributed by atoms with Crippen LogP contribution in [0.1, 0.15) is 17.4 Å². The van der Waals surface area contributed by atoms with Crippen LogP contribution in [0.5, 0.6) is 0 Å². The molecule has 1 N–H and O–H groups in total. The summed E-state index contributed by atoms with van der Waals surface area (Å²) in [4.78, 5) is 15.1. The van der Waals surface area contributed by atoms with Gasteiger partial charge in [-0.15, -0.1) is 0 Å². The summed E-state index contributed by atoms with van der Waals surface area (Å²) in [6.45, 7) is 2.36. The molecule has 1 heterocycles. The van der Waals surface area contributed by atoms with Gasteiger partial charge in [0, 0.05) is 12.7 Å². The number of pyridine rings is 1. The lowest BCUT2D eigenvalue weighted by Gasteiger charge is -2.02. The summed E-state index contributed by atoms with van der Waals surface area (Å²) in [6.07, 6.45) is 1.39. The monoisotopic (exact) mass is 218 g/mol. The lowest BCUT2D eigenvalue weighted by Crippen LogP contribution is -2.23. The third-order valence-electron chi connectivity index (χ3n) is 1.36. The Hall–Kier alpha value is -0.800. The first-order valence-electron chi connectivity index (χ1n) is 3.74. The Kier molecular flexibility index (Phi) is 3.51. The van der Waals surface area contributed by atoms with E-state index in [9.17, 15) is 4.79 Å². The standard InChI is InChI=1S/C8H8Cl2N2O/c1-2-11-8(13)7-6(10)3-5(9)4-12-7/h3-4H,2H2,1H3,(H,11,13). The molecule has 70 valence electrons. The summed E-state index contributed by atoms with van der Waals surface area (Å²) in [6, 6.07) is 1.49. The van der Waals surface area contributed by atoms with Gasteiger partial charge >= 0.3 is 0 Å². The van der Waals surface area contributed by atoms with E-state index in [4.69, 9.17) is 23.2 Å². The number of amides is 1. The Bertz CT molecular complexity index is 328. The van der Waals surface area contributed by atoms with Crippen molar-refractivity contribution in [2.45, 2.75) is 6.92 Å². The van der Waals surface area contributed by atoms with Crippen molar-refractivity contribution >= 4 is 29.1 Å². The van der Waals surface area contributed by atoms with Crippen LogP contribution in [0.3, 0.4) is 0 Å². The average molecular weight is 219 g/mol. The second-order valence-electron chi connectivity index (χ2n) is 2.34. The summed E-state index contributed by atoms with van der Waals surface area (Å²) in [5.74, 6) is -0.288. The minimum Gasteiger partial charge on any atom is -0.351 e. The van der Waals surface area contributed by atoms with Crippen molar-refractivity contribution in [3.05, 3.63) is 28.0 Å². The topological polar surface area (TPSA) is 42.0 Å². The molecule has 3 nitrogen and oxygen atoms in total. The Labute approximate surface area is 86.1 Å². The van der Waals surface area contributed by atoms with Gasteiger partial charge in [-0.2, -0.15) is 0 Å². The molecule has 1 amide bonds. The van der Waals surface area contributed by atoms with Crippen molar-refractivity contribution < 1.29 is 4.79 Å². The van der Waals surface area contributed by atoms with E-state index in [1.54, 1.807) is 0 Å². The molecule has 0 radical (unpaired) electrons. The second kappa shape index (κ2) is 4.44. The first kappa shape index (κ1) is 10.3. The smallest absolute Gasteiger partial charge is 0.271 e. The minimum atomic E-state index is -0.288.